The highest BCUT2D eigenvalue weighted by Crippen LogP contribution is 2.11. The summed E-state index contributed by atoms with van der Waals surface area (Å²) in [5.74, 6) is -0.825. The van der Waals surface area contributed by atoms with E-state index < -0.39 is 5.97 Å². The molecule has 0 amide bonds. The van der Waals surface area contributed by atoms with Gasteiger partial charge in [0.25, 0.3) is 0 Å². The summed E-state index contributed by atoms with van der Waals surface area (Å²) in [4.78, 5) is 14.0. The SMILES string of the molecule is C=Nc1ccc(CC(=O)O)cc1. The molecule has 0 atom stereocenters. The number of carboxylic acid groups (broad SMARTS) is 1. The van der Waals surface area contributed by atoms with Crippen LogP contribution in [0.15, 0.2) is 29.3 Å². The van der Waals surface area contributed by atoms with E-state index >= 15 is 0 Å². The number of hydrogen-bond acceptors (Lipinski definition) is 2. The van der Waals surface area contributed by atoms with Crippen molar-refractivity contribution in [3.63, 3.8) is 0 Å². The average Bonchev–Trinajstić information content (AvgIpc) is 2.05. The first-order valence-electron chi connectivity index (χ1n) is 3.50. The van der Waals surface area contributed by atoms with Crippen LogP contribution in [0.1, 0.15) is 5.56 Å². The summed E-state index contributed by atoms with van der Waals surface area (Å²) in [6.45, 7) is 3.36. The zero-order valence-corrected chi connectivity index (χ0v) is 6.53. The summed E-state index contributed by atoms with van der Waals surface area (Å²) in [5.41, 5.74) is 1.53. The molecule has 1 N–H and O–H groups in total. The molecule has 0 bridgehead atoms. The van der Waals surface area contributed by atoms with Crippen molar-refractivity contribution in [3.05, 3.63) is 29.8 Å². The summed E-state index contributed by atoms with van der Waals surface area (Å²) in [7, 11) is 0. The Morgan fingerprint density at radius 3 is 2.42 bits per heavy atom. The van der Waals surface area contributed by atoms with E-state index in [-0.39, 0.29) is 6.42 Å². The van der Waals surface area contributed by atoms with Crippen LogP contribution in [0.2, 0.25) is 0 Å². The van der Waals surface area contributed by atoms with Gasteiger partial charge >= 0.3 is 5.97 Å². The van der Waals surface area contributed by atoms with Crippen molar-refractivity contribution in [1.82, 2.24) is 0 Å². The third-order valence-corrected chi connectivity index (χ3v) is 1.47. The summed E-state index contributed by atoms with van der Waals surface area (Å²) in [6, 6.07) is 6.95. The fraction of sp³-hybridized carbons (Fsp3) is 0.111. The fourth-order valence-electron chi connectivity index (χ4n) is 0.894. The van der Waals surface area contributed by atoms with Crippen molar-refractivity contribution in [2.75, 3.05) is 0 Å². The maximum Gasteiger partial charge on any atom is 0.307 e. The van der Waals surface area contributed by atoms with Crippen LogP contribution in [0, 0.1) is 0 Å². The highest BCUT2D eigenvalue weighted by molar-refractivity contribution is 5.70. The maximum absolute atomic E-state index is 10.3. The molecule has 0 fully saturated rings. The third kappa shape index (κ3) is 2.20. The minimum Gasteiger partial charge on any atom is -0.481 e. The van der Waals surface area contributed by atoms with Crippen molar-refractivity contribution < 1.29 is 9.90 Å². The van der Waals surface area contributed by atoms with Crippen LogP contribution in [-0.2, 0) is 11.2 Å². The predicted octanol–water partition coefficient (Wildman–Crippen LogP) is 1.65. The zero-order valence-electron chi connectivity index (χ0n) is 6.53. The minimum atomic E-state index is -0.825. The standard InChI is InChI=1S/C9H9NO2/c1-10-8-4-2-7(3-5-8)6-9(11)12/h2-5H,1,6H2,(H,11,12). The number of benzene rings is 1. The molecule has 0 radical (unpaired) electrons. The minimum absolute atomic E-state index is 0.0530. The van der Waals surface area contributed by atoms with E-state index in [4.69, 9.17) is 5.11 Å². The normalized spacial score (nSPS) is 9.33. The van der Waals surface area contributed by atoms with E-state index in [1.54, 1.807) is 24.3 Å². The lowest BCUT2D eigenvalue weighted by molar-refractivity contribution is -0.136. The van der Waals surface area contributed by atoms with Gasteiger partial charge in [-0.1, -0.05) is 12.1 Å². The molecule has 0 spiro atoms. The lowest BCUT2D eigenvalue weighted by Gasteiger charge is -1.96. The molecule has 0 aliphatic rings. The molecule has 0 saturated carbocycles. The van der Waals surface area contributed by atoms with Crippen LogP contribution in [0.3, 0.4) is 0 Å². The molecule has 0 heterocycles. The van der Waals surface area contributed by atoms with Gasteiger partial charge in [0.05, 0.1) is 12.1 Å². The Morgan fingerprint density at radius 2 is 2.00 bits per heavy atom. The Morgan fingerprint density at radius 1 is 1.42 bits per heavy atom. The highest BCUT2D eigenvalue weighted by atomic mass is 16.4. The van der Waals surface area contributed by atoms with E-state index in [0.717, 1.165) is 11.3 Å². The maximum atomic E-state index is 10.3. The second kappa shape index (κ2) is 3.67. The van der Waals surface area contributed by atoms with Gasteiger partial charge < -0.3 is 5.11 Å². The highest BCUT2D eigenvalue weighted by Gasteiger charge is 1.98. The van der Waals surface area contributed by atoms with Gasteiger partial charge in [0, 0.05) is 0 Å². The van der Waals surface area contributed by atoms with Gasteiger partial charge in [0.15, 0.2) is 0 Å². The van der Waals surface area contributed by atoms with E-state index in [0.29, 0.717) is 0 Å². The molecule has 0 aliphatic carbocycles. The molecule has 3 heteroatoms. The van der Waals surface area contributed by atoms with Crippen molar-refractivity contribution in [3.8, 4) is 0 Å². The van der Waals surface area contributed by atoms with Gasteiger partial charge in [-0.25, -0.2) is 0 Å². The van der Waals surface area contributed by atoms with Crippen LogP contribution < -0.4 is 0 Å². The quantitative estimate of drug-likeness (QED) is 0.688. The smallest absolute Gasteiger partial charge is 0.307 e. The molecule has 1 aromatic rings. The molecule has 3 nitrogen and oxygen atoms in total. The van der Waals surface area contributed by atoms with E-state index in [9.17, 15) is 4.79 Å². The molecule has 1 rings (SSSR count). The third-order valence-electron chi connectivity index (χ3n) is 1.47. The molecule has 62 valence electrons. The summed E-state index contributed by atoms with van der Waals surface area (Å²) < 4.78 is 0. The average molecular weight is 163 g/mol. The molecular formula is C9H9NO2. The molecule has 12 heavy (non-hydrogen) atoms. The van der Waals surface area contributed by atoms with Crippen molar-refractivity contribution in [1.29, 1.82) is 0 Å². The lowest BCUT2D eigenvalue weighted by Crippen LogP contribution is -1.98. The topological polar surface area (TPSA) is 49.7 Å². The van der Waals surface area contributed by atoms with Gasteiger partial charge in [-0.2, -0.15) is 0 Å². The number of aliphatic imine (C=N–C) groups is 1. The Balaban J connectivity index is 2.77. The Hall–Kier alpha value is -1.64. The molecule has 0 aromatic heterocycles. The number of rotatable bonds is 3. The van der Waals surface area contributed by atoms with Crippen molar-refractivity contribution in [2.24, 2.45) is 4.99 Å². The molecule has 1 aromatic carbocycles. The molecule has 0 unspecified atom stereocenters. The first-order valence-corrected chi connectivity index (χ1v) is 3.50. The molecule has 0 aliphatic heterocycles. The van der Waals surface area contributed by atoms with Gasteiger partial charge in [0.1, 0.15) is 0 Å². The van der Waals surface area contributed by atoms with Gasteiger partial charge in [-0.15, -0.1) is 0 Å². The Bertz CT molecular complexity index is 290. The first kappa shape index (κ1) is 8.46. The van der Waals surface area contributed by atoms with E-state index in [1.807, 2.05) is 0 Å². The predicted molar refractivity (Wildman–Crippen MR) is 47.0 cm³/mol. The van der Waals surface area contributed by atoms with Crippen LogP contribution in [-0.4, -0.2) is 17.8 Å². The number of nitrogens with zero attached hydrogens (tertiary/aromatic N) is 1. The van der Waals surface area contributed by atoms with Crippen LogP contribution in [0.4, 0.5) is 5.69 Å². The van der Waals surface area contributed by atoms with Gasteiger partial charge in [0.2, 0.25) is 0 Å². The Kier molecular flexibility index (Phi) is 2.58. The fourth-order valence-corrected chi connectivity index (χ4v) is 0.894. The number of carbonyl (C=O) groups is 1. The second-order valence-corrected chi connectivity index (χ2v) is 2.40. The van der Waals surface area contributed by atoms with Crippen LogP contribution >= 0.6 is 0 Å². The van der Waals surface area contributed by atoms with Crippen LogP contribution in [0.25, 0.3) is 0 Å². The van der Waals surface area contributed by atoms with Crippen molar-refractivity contribution in [2.45, 2.75) is 6.42 Å². The second-order valence-electron chi connectivity index (χ2n) is 2.40. The summed E-state index contributed by atoms with van der Waals surface area (Å²) in [5, 5.41) is 8.46. The number of aliphatic carboxylic acids is 1. The van der Waals surface area contributed by atoms with E-state index in [2.05, 4.69) is 11.7 Å². The largest absolute Gasteiger partial charge is 0.481 e. The molecular weight excluding hydrogens is 154 g/mol. The van der Waals surface area contributed by atoms with Crippen LogP contribution in [0.5, 0.6) is 0 Å². The lowest BCUT2D eigenvalue weighted by atomic mass is 10.1. The number of hydrogen-bond donors (Lipinski definition) is 1. The first-order chi connectivity index (χ1) is 5.72. The summed E-state index contributed by atoms with van der Waals surface area (Å²) >= 11 is 0. The summed E-state index contributed by atoms with van der Waals surface area (Å²) in [6.07, 6.45) is 0.0530. The monoisotopic (exact) mass is 163 g/mol. The van der Waals surface area contributed by atoms with Gasteiger partial charge in [-0.05, 0) is 24.4 Å². The van der Waals surface area contributed by atoms with Crippen molar-refractivity contribution >= 4 is 18.4 Å². The molecule has 0 saturated heterocycles. The Labute approximate surface area is 70.4 Å². The van der Waals surface area contributed by atoms with E-state index in [1.165, 1.54) is 0 Å². The number of carboxylic acids is 1. The zero-order chi connectivity index (χ0) is 8.97. The van der Waals surface area contributed by atoms with Gasteiger partial charge in [-0.3, -0.25) is 9.79 Å².